The molecule has 9 rings (SSSR count). The fourth-order valence-electron chi connectivity index (χ4n) is 7.14. The summed E-state index contributed by atoms with van der Waals surface area (Å²) in [7, 11) is 0. The third kappa shape index (κ3) is 2.85. The van der Waals surface area contributed by atoms with Crippen LogP contribution >= 0.6 is 0 Å². The van der Waals surface area contributed by atoms with Gasteiger partial charge in [0.05, 0.1) is 0 Å². The van der Waals surface area contributed by atoms with Gasteiger partial charge in [-0.2, -0.15) is 0 Å². The fraction of sp³-hybridized carbons (Fsp3) is 0. The number of hydrogen-bond acceptors (Lipinski definition) is 0. The fourth-order valence-corrected chi connectivity index (χ4v) is 7.14. The molecule has 184 valence electrons. The molecule has 7 aromatic carbocycles. The van der Waals surface area contributed by atoms with Crippen molar-refractivity contribution in [3.8, 4) is 0 Å². The zero-order valence-electron chi connectivity index (χ0n) is 21.9. The first-order valence-corrected chi connectivity index (χ1v) is 14.0. The molecule has 7 aromatic rings. The van der Waals surface area contributed by atoms with Crippen molar-refractivity contribution >= 4 is 54.6 Å². The zero-order chi connectivity index (χ0) is 26.2. The highest BCUT2D eigenvalue weighted by Crippen LogP contribution is 2.61. The highest BCUT2D eigenvalue weighted by molar-refractivity contribution is 6.39. The molecular formula is C40H24. The van der Waals surface area contributed by atoms with Gasteiger partial charge in [-0.25, -0.2) is 0 Å². The Hall–Kier alpha value is -5.20. The van der Waals surface area contributed by atoms with E-state index in [1.54, 1.807) is 0 Å². The van der Waals surface area contributed by atoms with E-state index in [9.17, 15) is 0 Å². The van der Waals surface area contributed by atoms with Gasteiger partial charge in [0.1, 0.15) is 0 Å². The van der Waals surface area contributed by atoms with Crippen LogP contribution in [0.4, 0.5) is 0 Å². The molecule has 0 aromatic heterocycles. The molecule has 0 atom stereocenters. The van der Waals surface area contributed by atoms with Crippen LogP contribution < -0.4 is 0 Å². The Morgan fingerprint density at radius 1 is 0.250 bits per heavy atom. The smallest absolute Gasteiger partial charge is 0.000696 e. The summed E-state index contributed by atoms with van der Waals surface area (Å²) < 4.78 is 0. The van der Waals surface area contributed by atoms with Gasteiger partial charge in [-0.1, -0.05) is 146 Å². The molecule has 0 fully saturated rings. The number of hydrogen-bond donors (Lipinski definition) is 0. The molecule has 0 bridgehead atoms. The molecule has 2 aliphatic carbocycles. The largest absolute Gasteiger partial charge is 0.0622 e. The Bertz CT molecular complexity index is 2240. The lowest BCUT2D eigenvalue weighted by Crippen LogP contribution is -1.95. The highest BCUT2D eigenvalue weighted by atomic mass is 14.4. The van der Waals surface area contributed by atoms with Gasteiger partial charge in [0.2, 0.25) is 0 Å². The zero-order valence-corrected chi connectivity index (χ0v) is 21.9. The van der Waals surface area contributed by atoms with Gasteiger partial charge in [-0.3, -0.25) is 0 Å². The van der Waals surface area contributed by atoms with Gasteiger partial charge in [0, 0.05) is 0 Å². The van der Waals surface area contributed by atoms with Crippen LogP contribution in [0.1, 0.15) is 33.4 Å². The summed E-state index contributed by atoms with van der Waals surface area (Å²) in [6.45, 7) is 0. The average Bonchev–Trinajstić information content (AvgIpc) is 3.54. The lowest BCUT2D eigenvalue weighted by molar-refractivity contribution is 1.57. The molecule has 0 amide bonds. The Labute approximate surface area is 233 Å². The molecule has 0 saturated heterocycles. The van der Waals surface area contributed by atoms with Crippen LogP contribution in [0.2, 0.25) is 0 Å². The van der Waals surface area contributed by atoms with Crippen LogP contribution in [0.5, 0.6) is 0 Å². The Morgan fingerprint density at radius 2 is 0.725 bits per heavy atom. The molecule has 0 spiro atoms. The minimum Gasteiger partial charge on any atom is -0.0622 e. The summed E-state index contributed by atoms with van der Waals surface area (Å²) in [5.41, 5.74) is 13.3. The maximum absolute atomic E-state index is 2.36. The first-order chi connectivity index (χ1) is 19.9. The molecule has 0 unspecified atom stereocenters. The SMILES string of the molecule is c1ccc(C2=C3C(=C(c4cccc5ccccc45)c4c3ccc3ccccc43)c3ccc4ccccc4c32)cc1. The molecule has 0 nitrogen and oxygen atoms in total. The summed E-state index contributed by atoms with van der Waals surface area (Å²) in [4.78, 5) is 0. The predicted molar refractivity (Wildman–Crippen MR) is 170 cm³/mol. The molecule has 0 saturated carbocycles. The molecule has 0 N–H and O–H groups in total. The second-order valence-electron chi connectivity index (χ2n) is 10.8. The number of allylic oxidation sites excluding steroid dienone is 2. The van der Waals surface area contributed by atoms with Crippen LogP contribution in [0, 0.1) is 0 Å². The summed E-state index contributed by atoms with van der Waals surface area (Å²) in [6.07, 6.45) is 0. The summed E-state index contributed by atoms with van der Waals surface area (Å²) in [6, 6.07) is 53.6. The predicted octanol–water partition coefficient (Wildman–Crippen LogP) is 10.4. The van der Waals surface area contributed by atoms with E-state index in [1.807, 2.05) is 0 Å². The van der Waals surface area contributed by atoms with Crippen molar-refractivity contribution in [3.05, 3.63) is 179 Å². The minimum atomic E-state index is 1.27. The van der Waals surface area contributed by atoms with Crippen LogP contribution in [-0.4, -0.2) is 0 Å². The van der Waals surface area contributed by atoms with E-state index >= 15 is 0 Å². The third-order valence-corrected chi connectivity index (χ3v) is 8.77. The van der Waals surface area contributed by atoms with E-state index in [4.69, 9.17) is 0 Å². The topological polar surface area (TPSA) is 0 Å². The Kier molecular flexibility index (Phi) is 4.42. The molecule has 0 heteroatoms. The first kappa shape index (κ1) is 21.7. The molecule has 2 aliphatic rings. The van der Waals surface area contributed by atoms with E-state index in [0.717, 1.165) is 0 Å². The lowest BCUT2D eigenvalue weighted by Gasteiger charge is -2.16. The van der Waals surface area contributed by atoms with Crippen LogP contribution in [-0.2, 0) is 0 Å². The van der Waals surface area contributed by atoms with Gasteiger partial charge in [-0.05, 0) is 88.0 Å². The second kappa shape index (κ2) is 8.15. The van der Waals surface area contributed by atoms with Gasteiger partial charge in [-0.15, -0.1) is 0 Å². The standard InChI is InChI=1S/C40H24/c1-2-14-28(15-3-1)35-36-30-18-8-5-12-26(30)21-23-33(36)40-38(32-20-10-16-25-11-4-7-17-29(25)32)37-31-19-9-6-13-27(31)22-24-34(37)39(35)40/h1-24H. The number of fused-ring (bicyclic) bond motifs is 10. The van der Waals surface area contributed by atoms with E-state index in [2.05, 4.69) is 146 Å². The molecule has 0 aliphatic heterocycles. The summed E-state index contributed by atoms with van der Waals surface area (Å²) in [5.74, 6) is 0. The van der Waals surface area contributed by atoms with Crippen molar-refractivity contribution in [1.29, 1.82) is 0 Å². The first-order valence-electron chi connectivity index (χ1n) is 14.0. The van der Waals surface area contributed by atoms with Crippen molar-refractivity contribution in [2.45, 2.75) is 0 Å². The van der Waals surface area contributed by atoms with E-state index in [0.29, 0.717) is 0 Å². The maximum Gasteiger partial charge on any atom is -0.000696 e. The lowest BCUT2D eigenvalue weighted by atomic mass is 9.86. The van der Waals surface area contributed by atoms with E-state index in [-0.39, 0.29) is 0 Å². The van der Waals surface area contributed by atoms with Crippen LogP contribution in [0.3, 0.4) is 0 Å². The number of benzene rings is 7. The monoisotopic (exact) mass is 504 g/mol. The van der Waals surface area contributed by atoms with Crippen molar-refractivity contribution in [2.75, 3.05) is 0 Å². The Balaban J connectivity index is 1.54. The quantitative estimate of drug-likeness (QED) is 0.220. The molecule has 0 radical (unpaired) electrons. The summed E-state index contributed by atoms with van der Waals surface area (Å²) in [5, 5.41) is 7.75. The van der Waals surface area contributed by atoms with Crippen molar-refractivity contribution in [3.63, 3.8) is 0 Å². The van der Waals surface area contributed by atoms with E-state index < -0.39 is 0 Å². The van der Waals surface area contributed by atoms with Gasteiger partial charge in [0.15, 0.2) is 0 Å². The van der Waals surface area contributed by atoms with Gasteiger partial charge in [0.25, 0.3) is 0 Å². The molecule has 40 heavy (non-hydrogen) atoms. The highest BCUT2D eigenvalue weighted by Gasteiger charge is 2.39. The third-order valence-electron chi connectivity index (χ3n) is 8.77. The normalized spacial score (nSPS) is 13.8. The van der Waals surface area contributed by atoms with E-state index in [1.165, 1.54) is 88.0 Å². The van der Waals surface area contributed by atoms with Gasteiger partial charge >= 0.3 is 0 Å². The van der Waals surface area contributed by atoms with Crippen LogP contribution in [0.25, 0.3) is 54.6 Å². The molecular weight excluding hydrogens is 480 g/mol. The average molecular weight is 505 g/mol. The minimum absolute atomic E-state index is 1.27. The molecule has 0 heterocycles. The number of rotatable bonds is 2. The maximum atomic E-state index is 2.36. The van der Waals surface area contributed by atoms with Crippen molar-refractivity contribution < 1.29 is 0 Å². The van der Waals surface area contributed by atoms with Crippen molar-refractivity contribution in [2.24, 2.45) is 0 Å². The van der Waals surface area contributed by atoms with Crippen molar-refractivity contribution in [1.82, 2.24) is 0 Å². The van der Waals surface area contributed by atoms with Gasteiger partial charge < -0.3 is 0 Å². The Morgan fingerprint density at radius 3 is 1.38 bits per heavy atom. The second-order valence-corrected chi connectivity index (χ2v) is 10.8. The van der Waals surface area contributed by atoms with Crippen LogP contribution in [0.15, 0.2) is 146 Å². The summed E-state index contributed by atoms with van der Waals surface area (Å²) >= 11 is 0.